The van der Waals surface area contributed by atoms with Crippen molar-refractivity contribution in [3.05, 3.63) is 42.2 Å². The molecule has 0 amide bonds. The molecule has 0 aromatic rings. The van der Waals surface area contributed by atoms with Crippen LogP contribution in [-0.4, -0.2) is 7.63 Å². The van der Waals surface area contributed by atoms with Crippen molar-refractivity contribution in [2.45, 2.75) is 62.5 Å². The second kappa shape index (κ2) is 3.76. The van der Waals surface area contributed by atoms with Crippen molar-refractivity contribution in [2.24, 2.45) is 11.8 Å². The first-order valence-corrected chi connectivity index (χ1v) is 20.7. The van der Waals surface area contributed by atoms with Crippen molar-refractivity contribution in [1.82, 2.24) is 0 Å². The van der Waals surface area contributed by atoms with E-state index in [1.807, 2.05) is 0 Å². The molecule has 0 radical (unpaired) electrons. The van der Waals surface area contributed by atoms with Gasteiger partial charge in [0.25, 0.3) is 0 Å². The number of hydrogen-bond acceptors (Lipinski definition) is 0. The monoisotopic (exact) mass is 352 g/mol. The van der Waals surface area contributed by atoms with Crippen molar-refractivity contribution in [1.29, 1.82) is 0 Å². The Morgan fingerprint density at radius 2 is 1.00 bits per heavy atom. The van der Waals surface area contributed by atoms with Crippen LogP contribution in [0.2, 0.25) is 20.9 Å². The van der Waals surface area contributed by atoms with Crippen molar-refractivity contribution in [2.75, 3.05) is 0 Å². The second-order valence-electron chi connectivity index (χ2n) is 12.2. The minimum atomic E-state index is -4.01. The van der Waals surface area contributed by atoms with Crippen molar-refractivity contribution in [3.63, 3.8) is 0 Å². The summed E-state index contributed by atoms with van der Waals surface area (Å²) in [6.07, 6.45) is 4.97. The van der Waals surface area contributed by atoms with E-state index in [4.69, 9.17) is 0 Å². The van der Waals surface area contributed by atoms with E-state index in [0.29, 0.717) is 11.8 Å². The third-order valence-corrected chi connectivity index (χ3v) is 21.2. The van der Waals surface area contributed by atoms with Crippen LogP contribution >= 0.6 is 0 Å². The number of allylic oxidation sites excluding steroid dienone is 8. The fraction of sp³-hybridized carbons (Fsp3) is 0.600. The molecule has 0 saturated heterocycles. The molecule has 0 bridgehead atoms. The van der Waals surface area contributed by atoms with Gasteiger partial charge in [0.15, 0.2) is 0 Å². The van der Waals surface area contributed by atoms with Gasteiger partial charge in [-0.3, -0.25) is 0 Å². The summed E-state index contributed by atoms with van der Waals surface area (Å²) in [4.78, 5) is 0. The summed E-state index contributed by atoms with van der Waals surface area (Å²) in [5.74, 6) is 1.12. The van der Waals surface area contributed by atoms with Gasteiger partial charge in [0.05, 0.1) is 0 Å². The van der Waals surface area contributed by atoms with Crippen LogP contribution < -0.4 is 0 Å². The average Bonchev–Trinajstić information content (AvgIpc) is 2.64. The van der Waals surface area contributed by atoms with E-state index < -0.39 is 11.5 Å². The van der Waals surface area contributed by atoms with Gasteiger partial charge in [-0.2, -0.15) is 0 Å². The van der Waals surface area contributed by atoms with E-state index in [1.54, 1.807) is 18.9 Å². The summed E-state index contributed by atoms with van der Waals surface area (Å²) in [6, 6.07) is 0. The molecule has 0 aliphatic heterocycles. The van der Waals surface area contributed by atoms with Crippen LogP contribution in [0.3, 0.4) is 0 Å². The molecule has 2 unspecified atom stereocenters. The molecule has 2 atom stereocenters. The zero-order valence-corrected chi connectivity index (χ0v) is 19.5. The summed E-state index contributed by atoms with van der Waals surface area (Å²) in [6.45, 7) is 14.1. The summed E-state index contributed by atoms with van der Waals surface area (Å²) in [5, 5.41) is 10.7. The van der Waals surface area contributed by atoms with Crippen LogP contribution in [0.4, 0.5) is 0 Å². The van der Waals surface area contributed by atoms with Gasteiger partial charge in [-0.25, -0.2) is 0 Å². The fourth-order valence-electron chi connectivity index (χ4n) is 6.74. The van der Waals surface area contributed by atoms with Gasteiger partial charge in [0.2, 0.25) is 0 Å². The van der Waals surface area contributed by atoms with E-state index in [2.05, 4.69) is 82.2 Å². The minimum absolute atomic E-state index is 0.562. The molecule has 0 nitrogen and oxygen atoms in total. The van der Waals surface area contributed by atoms with Crippen LogP contribution in [0.1, 0.15) is 41.5 Å². The fourth-order valence-corrected chi connectivity index (χ4v) is 26.4. The van der Waals surface area contributed by atoms with E-state index >= 15 is 0 Å². The van der Waals surface area contributed by atoms with Crippen molar-refractivity contribution < 1.29 is 11.5 Å². The second-order valence-corrected chi connectivity index (χ2v) is 50.0. The summed E-state index contributed by atoms with van der Waals surface area (Å²) in [7, 11) is 2.37. The molecule has 0 saturated carbocycles. The zero-order valence-electron chi connectivity index (χ0n) is 16.5. The Balaban J connectivity index is 3.01. The van der Waals surface area contributed by atoms with Gasteiger partial charge >= 0.3 is 136 Å². The van der Waals surface area contributed by atoms with E-state index in [-0.39, 0.29) is 0 Å². The summed E-state index contributed by atoms with van der Waals surface area (Å²) in [5.41, 5.74) is 6.09. The molecule has 2 rings (SSSR count). The van der Waals surface area contributed by atoms with Crippen molar-refractivity contribution in [3.8, 4) is 0 Å². The molecule has 0 aromatic carbocycles. The van der Waals surface area contributed by atoms with Gasteiger partial charge < -0.3 is 0 Å². The van der Waals surface area contributed by atoms with E-state index in [9.17, 15) is 0 Å². The van der Waals surface area contributed by atoms with Crippen LogP contribution in [0, 0.1) is 11.8 Å². The Morgan fingerprint density at radius 1 is 0.727 bits per heavy atom. The molecule has 2 aliphatic carbocycles. The molecule has 2 aliphatic rings. The molecule has 124 valence electrons. The van der Waals surface area contributed by atoms with Crippen LogP contribution in [0.5, 0.6) is 0 Å². The molecule has 0 N–H and O–H groups in total. The first-order chi connectivity index (χ1) is 9.42. The zero-order chi connectivity index (χ0) is 17.4. The molecule has 22 heavy (non-hydrogen) atoms. The molecule has 0 fully saturated rings. The van der Waals surface area contributed by atoms with Gasteiger partial charge in [-0.15, -0.1) is 0 Å². The normalized spacial score (nSPS) is 31.5. The van der Waals surface area contributed by atoms with Crippen LogP contribution in [0.25, 0.3) is 0 Å². The Morgan fingerprint density at radius 3 is 1.18 bits per heavy atom. The summed E-state index contributed by atoms with van der Waals surface area (Å²) < 4.78 is 3.52. The third-order valence-electron chi connectivity index (χ3n) is 6.71. The van der Waals surface area contributed by atoms with E-state index in [1.165, 1.54) is 11.1 Å². The average molecular weight is 352 g/mol. The van der Waals surface area contributed by atoms with Crippen LogP contribution in [-0.2, 0) is 11.5 Å². The number of hydrogen-bond donors (Lipinski definition) is 0. The molecular weight excluding hydrogens is 316 g/mol. The van der Waals surface area contributed by atoms with Crippen molar-refractivity contribution >= 4 is 7.63 Å². The summed E-state index contributed by atoms with van der Waals surface area (Å²) >= 11 is -4.01. The predicted molar refractivity (Wildman–Crippen MR) is 103 cm³/mol. The molecule has 0 aromatic heterocycles. The standard InChI is InChI=1S/2C8H11.4CH3.H2Si.Ti/c2*1-6-4-7(2)8(3)5-6;;;;;;/h2*4,6H,1-3H3;4*1H3;1H2;. The maximum absolute atomic E-state index is 4.01. The quantitative estimate of drug-likeness (QED) is 0.517. The predicted octanol–water partition coefficient (Wildman–Crippen LogP) is 6.23. The van der Waals surface area contributed by atoms with Crippen LogP contribution in [0.15, 0.2) is 42.2 Å². The van der Waals surface area contributed by atoms with Gasteiger partial charge in [-0.1, -0.05) is 0 Å². The number of rotatable bonds is 2. The molecule has 0 heterocycles. The molecular formula is C20H36SiTi. The third kappa shape index (κ3) is 2.27. The van der Waals surface area contributed by atoms with Gasteiger partial charge in [0, 0.05) is 0 Å². The Labute approximate surface area is 135 Å². The Hall–Kier alpha value is -0.109. The van der Waals surface area contributed by atoms with Gasteiger partial charge in [0.1, 0.15) is 0 Å². The maximum atomic E-state index is 2.67. The molecule has 0 spiro atoms. The molecule has 2 heteroatoms. The SMILES string of the molecule is CC1=CC(C)[C]([Ti]([CH3])([CH3])([CH3])([CH3])(=[SiH2])[C]2=C(C)C(C)=CC2C)=C1C. The first kappa shape index (κ1) is 18.2. The Kier molecular flexibility index (Phi) is 3.12. The topological polar surface area (TPSA) is 0 Å². The Bertz CT molecular complexity index is 757. The first-order valence-electron chi connectivity index (χ1n) is 8.83. The van der Waals surface area contributed by atoms with Gasteiger partial charge in [-0.05, 0) is 0 Å². The van der Waals surface area contributed by atoms with E-state index in [0.717, 1.165) is 0 Å².